The van der Waals surface area contributed by atoms with Gasteiger partial charge in [0.25, 0.3) is 0 Å². The maximum Gasteiger partial charge on any atom is 0.169 e. The van der Waals surface area contributed by atoms with Crippen LogP contribution in [0.4, 0.5) is 0 Å². The molecular formula is C15H19NO. The van der Waals surface area contributed by atoms with Gasteiger partial charge in [-0.25, -0.2) is 0 Å². The van der Waals surface area contributed by atoms with E-state index in [0.29, 0.717) is 5.78 Å². The summed E-state index contributed by atoms with van der Waals surface area (Å²) < 4.78 is 0. The molecule has 1 heterocycles. The van der Waals surface area contributed by atoms with Gasteiger partial charge < -0.3 is 5.32 Å². The van der Waals surface area contributed by atoms with Crippen molar-refractivity contribution in [1.82, 2.24) is 5.32 Å². The summed E-state index contributed by atoms with van der Waals surface area (Å²) in [5.41, 5.74) is 2.06. The first-order valence-corrected chi connectivity index (χ1v) is 6.45. The lowest BCUT2D eigenvalue weighted by Crippen LogP contribution is -2.48. The SMILES string of the molecule is CC1(C)C(=O)c2ccccc2C12CCNCC2. The number of rotatable bonds is 0. The molecule has 1 aliphatic heterocycles. The highest BCUT2D eigenvalue weighted by Gasteiger charge is 2.57. The lowest BCUT2D eigenvalue weighted by atomic mass is 9.61. The van der Waals surface area contributed by atoms with Crippen molar-refractivity contribution in [2.75, 3.05) is 13.1 Å². The predicted molar refractivity (Wildman–Crippen MR) is 68.3 cm³/mol. The molecule has 2 heteroatoms. The van der Waals surface area contributed by atoms with Crippen LogP contribution < -0.4 is 5.32 Å². The highest BCUT2D eigenvalue weighted by molar-refractivity contribution is 6.06. The van der Waals surface area contributed by atoms with Gasteiger partial charge in [-0.05, 0) is 31.5 Å². The second-order valence-electron chi connectivity index (χ2n) is 5.83. The minimum Gasteiger partial charge on any atom is -0.317 e. The Bertz CT molecular complexity index is 470. The second-order valence-corrected chi connectivity index (χ2v) is 5.83. The van der Waals surface area contributed by atoms with Gasteiger partial charge >= 0.3 is 0 Å². The second kappa shape index (κ2) is 3.42. The summed E-state index contributed by atoms with van der Waals surface area (Å²) in [4.78, 5) is 12.6. The van der Waals surface area contributed by atoms with Crippen LogP contribution in [-0.2, 0) is 5.41 Å². The Balaban J connectivity index is 2.22. The molecule has 0 amide bonds. The zero-order chi connectivity index (χ0) is 12.1. The van der Waals surface area contributed by atoms with E-state index in [9.17, 15) is 4.79 Å². The fourth-order valence-corrected chi connectivity index (χ4v) is 3.74. The third-order valence-corrected chi connectivity index (χ3v) is 4.91. The van der Waals surface area contributed by atoms with Crippen molar-refractivity contribution in [2.24, 2.45) is 5.41 Å². The topological polar surface area (TPSA) is 29.1 Å². The predicted octanol–water partition coefficient (Wildman–Crippen LogP) is 2.53. The van der Waals surface area contributed by atoms with E-state index in [1.54, 1.807) is 0 Å². The van der Waals surface area contributed by atoms with E-state index >= 15 is 0 Å². The molecule has 2 nitrogen and oxygen atoms in total. The summed E-state index contributed by atoms with van der Waals surface area (Å²) >= 11 is 0. The fourth-order valence-electron chi connectivity index (χ4n) is 3.74. The summed E-state index contributed by atoms with van der Waals surface area (Å²) in [5.74, 6) is 0.329. The molecule has 0 atom stereocenters. The normalized spacial score (nSPS) is 24.9. The van der Waals surface area contributed by atoms with Crippen LogP contribution in [-0.4, -0.2) is 18.9 Å². The average molecular weight is 229 g/mol. The van der Waals surface area contributed by atoms with Crippen molar-refractivity contribution in [2.45, 2.75) is 32.1 Å². The van der Waals surface area contributed by atoms with Gasteiger partial charge in [0.15, 0.2) is 5.78 Å². The lowest BCUT2D eigenvalue weighted by molar-refractivity contribution is 0.0685. The molecule has 17 heavy (non-hydrogen) atoms. The largest absolute Gasteiger partial charge is 0.317 e. The van der Waals surface area contributed by atoms with E-state index in [1.165, 1.54) is 5.56 Å². The highest BCUT2D eigenvalue weighted by atomic mass is 16.1. The number of carbonyl (C=O) groups excluding carboxylic acids is 1. The number of piperidine rings is 1. The number of hydrogen-bond donors (Lipinski definition) is 1. The Morgan fingerprint density at radius 2 is 1.76 bits per heavy atom. The van der Waals surface area contributed by atoms with E-state index in [4.69, 9.17) is 0 Å². The Kier molecular flexibility index (Phi) is 2.21. The Morgan fingerprint density at radius 3 is 2.47 bits per heavy atom. The van der Waals surface area contributed by atoms with Crippen LogP contribution in [0.25, 0.3) is 0 Å². The van der Waals surface area contributed by atoms with Crippen LogP contribution >= 0.6 is 0 Å². The number of Topliss-reactive ketones (excluding diaryl/α,β-unsaturated/α-hetero) is 1. The summed E-state index contributed by atoms with van der Waals surface area (Å²) in [6, 6.07) is 8.20. The van der Waals surface area contributed by atoms with E-state index in [0.717, 1.165) is 31.5 Å². The van der Waals surface area contributed by atoms with Gasteiger partial charge in [0.05, 0.1) is 0 Å². The van der Waals surface area contributed by atoms with Crippen LogP contribution in [0.3, 0.4) is 0 Å². The molecule has 1 N–H and O–H groups in total. The maximum atomic E-state index is 12.6. The van der Waals surface area contributed by atoms with Gasteiger partial charge in [-0.2, -0.15) is 0 Å². The van der Waals surface area contributed by atoms with E-state index in [2.05, 4.69) is 31.3 Å². The molecule has 90 valence electrons. The Morgan fingerprint density at radius 1 is 1.12 bits per heavy atom. The molecule has 0 radical (unpaired) electrons. The van der Waals surface area contributed by atoms with Crippen molar-refractivity contribution < 1.29 is 4.79 Å². The lowest BCUT2D eigenvalue weighted by Gasteiger charge is -2.44. The smallest absolute Gasteiger partial charge is 0.169 e. The summed E-state index contributed by atoms with van der Waals surface area (Å²) in [5, 5.41) is 3.41. The number of benzene rings is 1. The molecule has 0 bridgehead atoms. The Hall–Kier alpha value is -1.15. The molecule has 1 aliphatic carbocycles. The maximum absolute atomic E-state index is 12.6. The van der Waals surface area contributed by atoms with E-state index in [-0.39, 0.29) is 10.8 Å². The number of nitrogens with one attached hydrogen (secondary N) is 1. The van der Waals surface area contributed by atoms with Crippen molar-refractivity contribution in [3.8, 4) is 0 Å². The molecule has 1 fully saturated rings. The number of carbonyl (C=O) groups is 1. The van der Waals surface area contributed by atoms with Crippen molar-refractivity contribution in [3.63, 3.8) is 0 Å². The van der Waals surface area contributed by atoms with Crippen molar-refractivity contribution >= 4 is 5.78 Å². The number of ketones is 1. The number of hydrogen-bond acceptors (Lipinski definition) is 2. The van der Waals surface area contributed by atoms with E-state index < -0.39 is 0 Å². The zero-order valence-electron chi connectivity index (χ0n) is 10.5. The third-order valence-electron chi connectivity index (χ3n) is 4.91. The highest BCUT2D eigenvalue weighted by Crippen LogP contribution is 2.55. The van der Waals surface area contributed by atoms with Crippen molar-refractivity contribution in [3.05, 3.63) is 35.4 Å². The minimum absolute atomic E-state index is 0.0614. The van der Waals surface area contributed by atoms with Gasteiger partial charge in [0.2, 0.25) is 0 Å². The molecule has 1 saturated heterocycles. The fraction of sp³-hybridized carbons (Fsp3) is 0.533. The van der Waals surface area contributed by atoms with Gasteiger partial charge in [0.1, 0.15) is 0 Å². The molecular weight excluding hydrogens is 210 g/mol. The molecule has 2 aliphatic rings. The summed E-state index contributed by atoms with van der Waals surface area (Å²) in [6.07, 6.45) is 2.14. The van der Waals surface area contributed by atoms with Gasteiger partial charge in [-0.3, -0.25) is 4.79 Å². The summed E-state index contributed by atoms with van der Waals surface area (Å²) in [7, 11) is 0. The molecule has 1 aromatic carbocycles. The standard InChI is InChI=1S/C15H19NO/c1-14(2)13(17)11-5-3-4-6-12(11)15(14)7-9-16-10-8-15/h3-6,16H,7-10H2,1-2H3. The van der Waals surface area contributed by atoms with Crippen LogP contribution in [0.2, 0.25) is 0 Å². The molecule has 1 aromatic rings. The first kappa shape index (κ1) is 11.0. The Labute approximate surface area is 102 Å². The van der Waals surface area contributed by atoms with Crippen molar-refractivity contribution in [1.29, 1.82) is 0 Å². The summed E-state index contributed by atoms with van der Waals surface area (Å²) in [6.45, 7) is 6.29. The molecule has 0 aromatic heterocycles. The van der Waals surface area contributed by atoms with Crippen LogP contribution in [0, 0.1) is 5.41 Å². The quantitative estimate of drug-likeness (QED) is 0.740. The van der Waals surface area contributed by atoms with Crippen LogP contribution in [0.5, 0.6) is 0 Å². The monoisotopic (exact) mass is 229 g/mol. The third kappa shape index (κ3) is 1.22. The minimum atomic E-state index is -0.251. The van der Waals surface area contributed by atoms with Crippen LogP contribution in [0.15, 0.2) is 24.3 Å². The average Bonchev–Trinajstić information content (AvgIpc) is 2.52. The first-order valence-electron chi connectivity index (χ1n) is 6.45. The number of fused-ring (bicyclic) bond motifs is 2. The van der Waals surface area contributed by atoms with Gasteiger partial charge in [-0.1, -0.05) is 38.1 Å². The molecule has 1 spiro atoms. The van der Waals surface area contributed by atoms with Crippen LogP contribution in [0.1, 0.15) is 42.6 Å². The first-order chi connectivity index (χ1) is 8.09. The van der Waals surface area contributed by atoms with Gasteiger partial charge in [0, 0.05) is 16.4 Å². The van der Waals surface area contributed by atoms with Gasteiger partial charge in [-0.15, -0.1) is 0 Å². The molecule has 3 rings (SSSR count). The molecule has 0 saturated carbocycles. The van der Waals surface area contributed by atoms with E-state index in [1.807, 2.05) is 12.1 Å². The molecule has 0 unspecified atom stereocenters. The zero-order valence-corrected chi connectivity index (χ0v) is 10.5.